The SMILES string of the molecule is Fc1cc(CNCc2ccccc2Br)cc(C(F)(F)F)c1. The summed E-state index contributed by atoms with van der Waals surface area (Å²) in [7, 11) is 0. The summed E-state index contributed by atoms with van der Waals surface area (Å²) in [6.45, 7) is 0.626. The monoisotopic (exact) mass is 361 g/mol. The van der Waals surface area contributed by atoms with E-state index < -0.39 is 17.6 Å². The van der Waals surface area contributed by atoms with Crippen LogP contribution < -0.4 is 5.32 Å². The Labute approximate surface area is 128 Å². The normalized spacial score (nSPS) is 11.7. The number of rotatable bonds is 4. The van der Waals surface area contributed by atoms with E-state index in [0.29, 0.717) is 12.6 Å². The molecular weight excluding hydrogens is 350 g/mol. The van der Waals surface area contributed by atoms with Gasteiger partial charge in [-0.05, 0) is 35.4 Å². The average molecular weight is 362 g/mol. The van der Waals surface area contributed by atoms with E-state index in [2.05, 4.69) is 21.2 Å². The Kier molecular flexibility index (Phi) is 5.00. The Morgan fingerprint density at radius 2 is 1.71 bits per heavy atom. The minimum atomic E-state index is -4.54. The van der Waals surface area contributed by atoms with Crippen molar-refractivity contribution in [1.82, 2.24) is 5.32 Å². The van der Waals surface area contributed by atoms with Gasteiger partial charge in [0.05, 0.1) is 5.56 Å². The lowest BCUT2D eigenvalue weighted by Gasteiger charge is -2.11. The molecule has 0 bridgehead atoms. The Balaban J connectivity index is 2.04. The standard InChI is InChI=1S/C15H12BrF4N/c16-14-4-2-1-3-11(14)9-21-8-10-5-12(15(18,19)20)7-13(17)6-10/h1-7,21H,8-9H2. The van der Waals surface area contributed by atoms with Crippen molar-refractivity contribution in [3.8, 4) is 0 Å². The molecule has 0 aliphatic heterocycles. The van der Waals surface area contributed by atoms with E-state index in [9.17, 15) is 17.6 Å². The lowest BCUT2D eigenvalue weighted by Crippen LogP contribution is -2.14. The van der Waals surface area contributed by atoms with Crippen LogP contribution in [0, 0.1) is 5.82 Å². The molecule has 0 radical (unpaired) electrons. The fourth-order valence-corrected chi connectivity index (χ4v) is 2.32. The van der Waals surface area contributed by atoms with E-state index in [4.69, 9.17) is 0 Å². The third-order valence-corrected chi connectivity index (χ3v) is 3.66. The van der Waals surface area contributed by atoms with Gasteiger partial charge in [0.25, 0.3) is 0 Å². The number of nitrogens with one attached hydrogen (secondary N) is 1. The highest BCUT2D eigenvalue weighted by Crippen LogP contribution is 2.30. The molecule has 1 nitrogen and oxygen atoms in total. The largest absolute Gasteiger partial charge is 0.416 e. The molecular formula is C15H12BrF4N. The summed E-state index contributed by atoms with van der Waals surface area (Å²) in [6.07, 6.45) is -4.54. The van der Waals surface area contributed by atoms with E-state index >= 15 is 0 Å². The molecule has 2 aromatic rings. The molecule has 0 saturated heterocycles. The van der Waals surface area contributed by atoms with Crippen LogP contribution in [-0.4, -0.2) is 0 Å². The van der Waals surface area contributed by atoms with Crippen LogP contribution in [0.15, 0.2) is 46.9 Å². The van der Waals surface area contributed by atoms with E-state index in [0.717, 1.165) is 22.2 Å². The fourth-order valence-electron chi connectivity index (χ4n) is 1.90. The van der Waals surface area contributed by atoms with Gasteiger partial charge in [0.1, 0.15) is 5.82 Å². The zero-order valence-corrected chi connectivity index (χ0v) is 12.4. The summed E-state index contributed by atoms with van der Waals surface area (Å²) < 4.78 is 51.9. The topological polar surface area (TPSA) is 12.0 Å². The highest BCUT2D eigenvalue weighted by Gasteiger charge is 2.31. The van der Waals surface area contributed by atoms with Crippen molar-refractivity contribution < 1.29 is 17.6 Å². The first-order chi connectivity index (χ1) is 9.86. The quantitative estimate of drug-likeness (QED) is 0.764. The van der Waals surface area contributed by atoms with Gasteiger partial charge in [-0.2, -0.15) is 13.2 Å². The van der Waals surface area contributed by atoms with E-state index in [1.807, 2.05) is 24.3 Å². The summed E-state index contributed by atoms with van der Waals surface area (Å²) in [5, 5.41) is 3.00. The Bertz CT molecular complexity index is 625. The van der Waals surface area contributed by atoms with Crippen LogP contribution in [0.1, 0.15) is 16.7 Å². The van der Waals surface area contributed by atoms with Crippen molar-refractivity contribution in [2.75, 3.05) is 0 Å². The number of alkyl halides is 3. The average Bonchev–Trinajstić information content (AvgIpc) is 2.39. The smallest absolute Gasteiger partial charge is 0.309 e. The van der Waals surface area contributed by atoms with Crippen molar-refractivity contribution in [1.29, 1.82) is 0 Å². The van der Waals surface area contributed by atoms with E-state index in [1.165, 1.54) is 0 Å². The zero-order chi connectivity index (χ0) is 15.5. The molecule has 0 heterocycles. The third kappa shape index (κ3) is 4.54. The maximum absolute atomic E-state index is 13.2. The van der Waals surface area contributed by atoms with Gasteiger partial charge in [-0.1, -0.05) is 34.1 Å². The van der Waals surface area contributed by atoms with Gasteiger partial charge in [0, 0.05) is 17.6 Å². The molecule has 2 rings (SSSR count). The molecule has 0 fully saturated rings. The minimum Gasteiger partial charge on any atom is -0.309 e. The van der Waals surface area contributed by atoms with Gasteiger partial charge in [-0.25, -0.2) is 4.39 Å². The van der Waals surface area contributed by atoms with Gasteiger partial charge in [0.2, 0.25) is 0 Å². The molecule has 2 aromatic carbocycles. The summed E-state index contributed by atoms with van der Waals surface area (Å²) in [4.78, 5) is 0. The molecule has 21 heavy (non-hydrogen) atoms. The van der Waals surface area contributed by atoms with Crippen molar-refractivity contribution in [3.05, 3.63) is 69.4 Å². The summed E-state index contributed by atoms with van der Waals surface area (Å²) >= 11 is 3.38. The second kappa shape index (κ2) is 6.58. The number of hydrogen-bond acceptors (Lipinski definition) is 1. The third-order valence-electron chi connectivity index (χ3n) is 2.89. The first-order valence-electron chi connectivity index (χ1n) is 6.17. The molecule has 0 aromatic heterocycles. The summed E-state index contributed by atoms with van der Waals surface area (Å²) in [6, 6.07) is 10.1. The first-order valence-corrected chi connectivity index (χ1v) is 6.96. The number of halogens is 5. The maximum Gasteiger partial charge on any atom is 0.416 e. The minimum absolute atomic E-state index is 0.155. The van der Waals surface area contributed by atoms with Gasteiger partial charge >= 0.3 is 6.18 Å². The van der Waals surface area contributed by atoms with Crippen LogP contribution in [-0.2, 0) is 19.3 Å². The van der Waals surface area contributed by atoms with Crippen molar-refractivity contribution >= 4 is 15.9 Å². The van der Waals surface area contributed by atoms with Crippen LogP contribution >= 0.6 is 15.9 Å². The molecule has 0 unspecified atom stereocenters. The van der Waals surface area contributed by atoms with Crippen LogP contribution in [0.4, 0.5) is 17.6 Å². The Morgan fingerprint density at radius 1 is 1.00 bits per heavy atom. The van der Waals surface area contributed by atoms with E-state index in [-0.39, 0.29) is 12.1 Å². The Hall–Kier alpha value is -1.40. The molecule has 1 N–H and O–H groups in total. The predicted molar refractivity (Wildman–Crippen MR) is 76.1 cm³/mol. The van der Waals surface area contributed by atoms with Crippen LogP contribution in [0.5, 0.6) is 0 Å². The molecule has 0 aliphatic carbocycles. The van der Waals surface area contributed by atoms with Gasteiger partial charge in [-0.3, -0.25) is 0 Å². The van der Waals surface area contributed by atoms with Crippen molar-refractivity contribution in [2.24, 2.45) is 0 Å². The molecule has 0 saturated carbocycles. The molecule has 112 valence electrons. The second-order valence-electron chi connectivity index (χ2n) is 4.54. The van der Waals surface area contributed by atoms with Crippen molar-refractivity contribution in [3.63, 3.8) is 0 Å². The van der Waals surface area contributed by atoms with E-state index in [1.54, 1.807) is 0 Å². The maximum atomic E-state index is 13.2. The molecule has 6 heteroatoms. The van der Waals surface area contributed by atoms with Crippen LogP contribution in [0.2, 0.25) is 0 Å². The highest BCUT2D eigenvalue weighted by molar-refractivity contribution is 9.10. The summed E-state index contributed by atoms with van der Waals surface area (Å²) in [5.74, 6) is -0.887. The molecule has 0 amide bonds. The molecule has 0 atom stereocenters. The lowest BCUT2D eigenvalue weighted by atomic mass is 10.1. The Morgan fingerprint density at radius 3 is 2.38 bits per heavy atom. The highest BCUT2D eigenvalue weighted by atomic mass is 79.9. The number of hydrogen-bond donors (Lipinski definition) is 1. The van der Waals surface area contributed by atoms with Crippen molar-refractivity contribution in [2.45, 2.75) is 19.3 Å². The predicted octanol–water partition coefficient (Wildman–Crippen LogP) is 4.90. The molecule has 0 spiro atoms. The lowest BCUT2D eigenvalue weighted by molar-refractivity contribution is -0.137. The molecule has 0 aliphatic rings. The van der Waals surface area contributed by atoms with Gasteiger partial charge in [-0.15, -0.1) is 0 Å². The number of benzene rings is 2. The zero-order valence-electron chi connectivity index (χ0n) is 10.8. The van der Waals surface area contributed by atoms with Gasteiger partial charge < -0.3 is 5.32 Å². The van der Waals surface area contributed by atoms with Gasteiger partial charge in [0.15, 0.2) is 0 Å². The second-order valence-corrected chi connectivity index (χ2v) is 5.40. The van der Waals surface area contributed by atoms with Crippen LogP contribution in [0.25, 0.3) is 0 Å². The summed E-state index contributed by atoms with van der Waals surface area (Å²) in [5.41, 5.74) is 0.263. The first kappa shape index (κ1) is 16.0. The van der Waals surface area contributed by atoms with Crippen LogP contribution in [0.3, 0.4) is 0 Å². The fraction of sp³-hybridized carbons (Fsp3) is 0.200.